The van der Waals surface area contributed by atoms with Crippen LogP contribution in [0.15, 0.2) is 35.3 Å². The van der Waals surface area contributed by atoms with Gasteiger partial charge in [0.2, 0.25) is 0 Å². The number of hydrogen-bond donors (Lipinski definition) is 1. The predicted octanol–water partition coefficient (Wildman–Crippen LogP) is 2.73. The van der Waals surface area contributed by atoms with Gasteiger partial charge in [-0.15, -0.1) is 0 Å². The maximum atomic E-state index is 13.5. The summed E-state index contributed by atoms with van der Waals surface area (Å²) in [6.07, 6.45) is 5.51. The standard InChI is InChI=1S/C25H31N5O4/c1-3-5-7-13-30-21(26)18(23(31)28-14-10-17(11-15-28)25(33)34-4-2)16-19-22(30)27-20-9-6-8-12-29(20)24(19)32/h6,8-9,12,16-17,26H,3-5,7,10-11,13-15H2,1-2H3. The van der Waals surface area contributed by atoms with Crippen molar-refractivity contribution in [3.63, 3.8) is 0 Å². The molecule has 4 heterocycles. The number of hydrogen-bond acceptors (Lipinski definition) is 6. The predicted molar refractivity (Wildman–Crippen MR) is 128 cm³/mol. The van der Waals surface area contributed by atoms with Crippen molar-refractivity contribution in [1.82, 2.24) is 18.9 Å². The third-order valence-corrected chi connectivity index (χ3v) is 6.44. The van der Waals surface area contributed by atoms with Crippen molar-refractivity contribution < 1.29 is 14.3 Å². The molecular weight excluding hydrogens is 434 g/mol. The van der Waals surface area contributed by atoms with Crippen LogP contribution in [0.1, 0.15) is 56.3 Å². The summed E-state index contributed by atoms with van der Waals surface area (Å²) in [7, 11) is 0. The largest absolute Gasteiger partial charge is 0.466 e. The normalized spacial score (nSPS) is 14.6. The third kappa shape index (κ3) is 4.47. The molecule has 1 saturated heterocycles. The second-order valence-electron chi connectivity index (χ2n) is 8.67. The molecule has 0 aromatic carbocycles. The van der Waals surface area contributed by atoms with Crippen LogP contribution in [0, 0.1) is 11.3 Å². The Bertz CT molecular complexity index is 1330. The van der Waals surface area contributed by atoms with Gasteiger partial charge in [-0.25, -0.2) is 4.98 Å². The van der Waals surface area contributed by atoms with Gasteiger partial charge in [-0.05, 0) is 44.4 Å². The molecule has 34 heavy (non-hydrogen) atoms. The molecule has 4 rings (SSSR count). The smallest absolute Gasteiger partial charge is 0.309 e. The van der Waals surface area contributed by atoms with Gasteiger partial charge in [0.05, 0.1) is 23.5 Å². The van der Waals surface area contributed by atoms with Gasteiger partial charge in [-0.2, -0.15) is 0 Å². The van der Waals surface area contributed by atoms with Crippen LogP contribution in [0.4, 0.5) is 0 Å². The first-order chi connectivity index (χ1) is 16.5. The number of likely N-dealkylation sites (tertiary alicyclic amines) is 1. The molecular formula is C25H31N5O4. The van der Waals surface area contributed by atoms with Crippen molar-refractivity contribution in [3.8, 4) is 0 Å². The molecule has 0 spiro atoms. The molecule has 0 bridgehead atoms. The van der Waals surface area contributed by atoms with Crippen molar-refractivity contribution in [2.75, 3.05) is 19.7 Å². The van der Waals surface area contributed by atoms with Gasteiger partial charge < -0.3 is 14.2 Å². The van der Waals surface area contributed by atoms with E-state index in [9.17, 15) is 14.4 Å². The van der Waals surface area contributed by atoms with Crippen molar-refractivity contribution in [1.29, 1.82) is 5.41 Å². The zero-order valence-corrected chi connectivity index (χ0v) is 19.7. The summed E-state index contributed by atoms with van der Waals surface area (Å²) in [4.78, 5) is 45.1. The van der Waals surface area contributed by atoms with Crippen LogP contribution in [0.3, 0.4) is 0 Å². The van der Waals surface area contributed by atoms with E-state index in [4.69, 9.17) is 10.1 Å². The molecule has 0 unspecified atom stereocenters. The maximum Gasteiger partial charge on any atom is 0.309 e. The summed E-state index contributed by atoms with van der Waals surface area (Å²) in [6.45, 7) is 5.54. The molecule has 9 nitrogen and oxygen atoms in total. The van der Waals surface area contributed by atoms with Crippen molar-refractivity contribution in [3.05, 3.63) is 51.9 Å². The average molecular weight is 466 g/mol. The Morgan fingerprint density at radius 1 is 1.18 bits per heavy atom. The van der Waals surface area contributed by atoms with Gasteiger partial charge in [0, 0.05) is 25.8 Å². The van der Waals surface area contributed by atoms with Crippen molar-refractivity contribution in [2.24, 2.45) is 5.92 Å². The maximum absolute atomic E-state index is 13.5. The summed E-state index contributed by atoms with van der Waals surface area (Å²) in [5.41, 5.74) is 0.917. The number of ether oxygens (including phenoxy) is 1. The highest BCUT2D eigenvalue weighted by molar-refractivity contribution is 5.97. The molecule has 0 radical (unpaired) electrons. The van der Waals surface area contributed by atoms with E-state index in [1.807, 2.05) is 6.07 Å². The molecule has 180 valence electrons. The second kappa shape index (κ2) is 10.2. The lowest BCUT2D eigenvalue weighted by Crippen LogP contribution is -2.43. The lowest BCUT2D eigenvalue weighted by molar-refractivity contribution is -0.149. The van der Waals surface area contributed by atoms with E-state index in [2.05, 4.69) is 11.9 Å². The van der Waals surface area contributed by atoms with E-state index in [0.29, 0.717) is 55.8 Å². The Balaban J connectivity index is 1.74. The summed E-state index contributed by atoms with van der Waals surface area (Å²) in [5, 5.41) is 9.17. The molecule has 0 saturated carbocycles. The van der Waals surface area contributed by atoms with E-state index in [1.54, 1.807) is 34.7 Å². The van der Waals surface area contributed by atoms with Crippen LogP contribution >= 0.6 is 0 Å². The third-order valence-electron chi connectivity index (χ3n) is 6.44. The number of unbranched alkanes of at least 4 members (excludes halogenated alkanes) is 2. The van der Waals surface area contributed by atoms with Gasteiger partial charge >= 0.3 is 5.97 Å². The van der Waals surface area contributed by atoms with Crippen LogP contribution in [-0.2, 0) is 16.1 Å². The summed E-state index contributed by atoms with van der Waals surface area (Å²) < 4.78 is 8.27. The lowest BCUT2D eigenvalue weighted by Gasteiger charge is -2.31. The fourth-order valence-electron chi connectivity index (χ4n) is 4.54. The molecule has 1 aliphatic heterocycles. The van der Waals surface area contributed by atoms with E-state index in [-0.39, 0.29) is 34.4 Å². The van der Waals surface area contributed by atoms with E-state index in [0.717, 1.165) is 19.3 Å². The van der Waals surface area contributed by atoms with E-state index >= 15 is 0 Å². The molecule has 1 fully saturated rings. The van der Waals surface area contributed by atoms with Gasteiger partial charge in [0.25, 0.3) is 11.5 Å². The highest BCUT2D eigenvalue weighted by Crippen LogP contribution is 2.21. The summed E-state index contributed by atoms with van der Waals surface area (Å²) >= 11 is 0. The van der Waals surface area contributed by atoms with Crippen molar-refractivity contribution in [2.45, 2.75) is 52.5 Å². The minimum atomic E-state index is -0.295. The molecule has 1 N–H and O–H groups in total. The first-order valence-electron chi connectivity index (χ1n) is 12.0. The quantitative estimate of drug-likeness (QED) is 0.328. The number of fused-ring (bicyclic) bond motifs is 2. The second-order valence-corrected chi connectivity index (χ2v) is 8.67. The van der Waals surface area contributed by atoms with E-state index in [1.165, 1.54) is 10.5 Å². The molecule has 3 aromatic rings. The number of rotatable bonds is 7. The number of esters is 1. The minimum Gasteiger partial charge on any atom is -0.466 e. The summed E-state index contributed by atoms with van der Waals surface area (Å²) in [5.74, 6) is -0.729. The molecule has 0 atom stereocenters. The highest BCUT2D eigenvalue weighted by Gasteiger charge is 2.30. The average Bonchev–Trinajstić information content (AvgIpc) is 2.85. The lowest BCUT2D eigenvalue weighted by atomic mass is 9.96. The number of nitrogens with zero attached hydrogens (tertiary/aromatic N) is 4. The number of nitrogens with one attached hydrogen (secondary N) is 1. The highest BCUT2D eigenvalue weighted by atomic mass is 16.5. The Morgan fingerprint density at radius 3 is 2.65 bits per heavy atom. The fourth-order valence-corrected chi connectivity index (χ4v) is 4.54. The van der Waals surface area contributed by atoms with Crippen LogP contribution in [0.5, 0.6) is 0 Å². The minimum absolute atomic E-state index is 0.0632. The first kappa shape index (κ1) is 23.7. The van der Waals surface area contributed by atoms with Gasteiger partial charge in [0.15, 0.2) is 0 Å². The topological polar surface area (TPSA) is 110 Å². The Kier molecular flexibility index (Phi) is 7.09. The summed E-state index contributed by atoms with van der Waals surface area (Å²) in [6, 6.07) is 6.85. The number of pyridine rings is 2. The Morgan fingerprint density at radius 2 is 1.94 bits per heavy atom. The first-order valence-corrected chi connectivity index (χ1v) is 12.0. The van der Waals surface area contributed by atoms with Crippen molar-refractivity contribution >= 4 is 28.6 Å². The number of aryl methyl sites for hydroxylation is 1. The fraction of sp³-hybridized carbons (Fsp3) is 0.480. The Labute approximate surface area is 197 Å². The Hall–Kier alpha value is -3.49. The number of aromatic nitrogens is 3. The van der Waals surface area contributed by atoms with Crippen LogP contribution in [0.25, 0.3) is 16.7 Å². The van der Waals surface area contributed by atoms with Crippen LogP contribution < -0.4 is 11.0 Å². The molecule has 3 aromatic heterocycles. The number of piperidine rings is 1. The van der Waals surface area contributed by atoms with Gasteiger partial charge in [-0.3, -0.25) is 24.2 Å². The molecule has 9 heteroatoms. The number of carbonyl (C=O) groups excluding carboxylic acids is 2. The van der Waals surface area contributed by atoms with E-state index < -0.39 is 0 Å². The number of carbonyl (C=O) groups is 2. The number of amides is 1. The van der Waals surface area contributed by atoms with Crippen LogP contribution in [-0.4, -0.2) is 50.4 Å². The van der Waals surface area contributed by atoms with Gasteiger partial charge in [-0.1, -0.05) is 25.8 Å². The molecule has 1 aliphatic rings. The monoisotopic (exact) mass is 465 g/mol. The van der Waals surface area contributed by atoms with Gasteiger partial charge in [0.1, 0.15) is 16.8 Å². The zero-order valence-electron chi connectivity index (χ0n) is 19.7. The SMILES string of the molecule is CCCCCn1c(=N)c(C(=O)N2CCC(C(=O)OCC)CC2)cc2c(=O)n3ccccc3nc21. The zero-order chi connectivity index (χ0) is 24.2. The molecule has 0 aliphatic carbocycles. The van der Waals surface area contributed by atoms with Crippen LogP contribution in [0.2, 0.25) is 0 Å². The molecule has 1 amide bonds.